The zero-order valence-electron chi connectivity index (χ0n) is 17.5. The number of methoxy groups -OCH3 is 1. The van der Waals surface area contributed by atoms with Crippen molar-refractivity contribution in [3.05, 3.63) is 59.2 Å². The molecule has 0 radical (unpaired) electrons. The Morgan fingerprint density at radius 3 is 2.87 bits per heavy atom. The summed E-state index contributed by atoms with van der Waals surface area (Å²) in [4.78, 5) is 11.5. The van der Waals surface area contributed by atoms with Gasteiger partial charge in [0.05, 0.1) is 19.3 Å². The van der Waals surface area contributed by atoms with Crippen LogP contribution in [0.4, 0.5) is 4.79 Å². The van der Waals surface area contributed by atoms with Crippen LogP contribution >= 0.6 is 0 Å². The van der Waals surface area contributed by atoms with E-state index in [9.17, 15) is 4.79 Å². The van der Waals surface area contributed by atoms with E-state index in [1.807, 2.05) is 24.3 Å². The van der Waals surface area contributed by atoms with Gasteiger partial charge in [-0.25, -0.2) is 4.79 Å². The second kappa shape index (κ2) is 7.86. The van der Waals surface area contributed by atoms with Gasteiger partial charge in [-0.05, 0) is 79.2 Å². The van der Waals surface area contributed by atoms with Gasteiger partial charge in [0.25, 0.3) is 0 Å². The highest BCUT2D eigenvalue weighted by molar-refractivity contribution is 5.70. The zero-order chi connectivity index (χ0) is 20.6. The van der Waals surface area contributed by atoms with Crippen molar-refractivity contribution < 1.29 is 19.0 Å². The molecule has 1 saturated carbocycles. The Labute approximate surface area is 177 Å². The second-order valence-electron chi connectivity index (χ2n) is 9.05. The summed E-state index contributed by atoms with van der Waals surface area (Å²) in [6.45, 7) is 1.25. The molecule has 5 heteroatoms. The molecule has 2 fully saturated rings. The van der Waals surface area contributed by atoms with E-state index in [1.165, 1.54) is 16.7 Å². The van der Waals surface area contributed by atoms with E-state index in [0.29, 0.717) is 18.4 Å². The van der Waals surface area contributed by atoms with Crippen LogP contribution in [0.15, 0.2) is 42.5 Å². The van der Waals surface area contributed by atoms with Gasteiger partial charge in [0.1, 0.15) is 18.1 Å². The lowest BCUT2D eigenvalue weighted by molar-refractivity contribution is 0.172. The van der Waals surface area contributed by atoms with Crippen LogP contribution in [-0.2, 0) is 17.6 Å². The molecule has 1 amide bonds. The first kappa shape index (κ1) is 19.3. The van der Waals surface area contributed by atoms with Gasteiger partial charge in [0, 0.05) is 6.07 Å². The standard InChI is InChI=1S/C25H29NO4/c1-28-22-3-2-4-23(13-22)29-15-17-5-6-19-12-20(8-7-18(19)11-17)21-9-10-25(14-21)16-30-24(27)26-25/h2-4,7-8,12-13,17,21H,5-6,9-11,14-16H2,1H3,(H,26,27)/t17?,21-,25+/m0/s1. The Morgan fingerprint density at radius 2 is 2.03 bits per heavy atom. The van der Waals surface area contributed by atoms with Crippen molar-refractivity contribution in [2.75, 3.05) is 20.3 Å². The lowest BCUT2D eigenvalue weighted by Crippen LogP contribution is -2.40. The van der Waals surface area contributed by atoms with E-state index in [4.69, 9.17) is 14.2 Å². The van der Waals surface area contributed by atoms with Crippen LogP contribution in [-0.4, -0.2) is 32.0 Å². The van der Waals surface area contributed by atoms with Gasteiger partial charge in [0.2, 0.25) is 0 Å². The minimum Gasteiger partial charge on any atom is -0.497 e. The smallest absolute Gasteiger partial charge is 0.407 e. The molecule has 1 saturated heterocycles. The highest BCUT2D eigenvalue weighted by atomic mass is 16.6. The first-order valence-electron chi connectivity index (χ1n) is 11.0. The van der Waals surface area contributed by atoms with Gasteiger partial charge in [-0.2, -0.15) is 0 Å². The van der Waals surface area contributed by atoms with Gasteiger partial charge in [-0.1, -0.05) is 24.3 Å². The molecule has 0 bridgehead atoms. The van der Waals surface area contributed by atoms with E-state index in [0.717, 1.165) is 56.6 Å². The maximum atomic E-state index is 11.5. The molecular weight excluding hydrogens is 378 g/mol. The van der Waals surface area contributed by atoms with Gasteiger partial charge in [-0.15, -0.1) is 0 Å². The molecule has 30 heavy (non-hydrogen) atoms. The molecule has 1 aliphatic heterocycles. The molecule has 158 valence electrons. The summed E-state index contributed by atoms with van der Waals surface area (Å²) in [7, 11) is 1.68. The minimum atomic E-state index is -0.261. The van der Waals surface area contributed by atoms with Crippen molar-refractivity contribution in [2.24, 2.45) is 5.92 Å². The highest BCUT2D eigenvalue weighted by Gasteiger charge is 2.46. The van der Waals surface area contributed by atoms with Crippen LogP contribution < -0.4 is 14.8 Å². The Morgan fingerprint density at radius 1 is 1.13 bits per heavy atom. The first-order chi connectivity index (χ1) is 14.6. The van der Waals surface area contributed by atoms with E-state index < -0.39 is 0 Å². The molecule has 3 aliphatic rings. The fourth-order valence-electron chi connectivity index (χ4n) is 5.30. The lowest BCUT2D eigenvalue weighted by atomic mass is 9.82. The summed E-state index contributed by atoms with van der Waals surface area (Å²) in [6, 6.07) is 14.8. The molecule has 2 aromatic carbocycles. The molecule has 2 aromatic rings. The van der Waals surface area contributed by atoms with Crippen molar-refractivity contribution in [1.29, 1.82) is 0 Å². The maximum absolute atomic E-state index is 11.5. The van der Waals surface area contributed by atoms with Crippen LogP contribution in [0.3, 0.4) is 0 Å². The van der Waals surface area contributed by atoms with Crippen molar-refractivity contribution in [2.45, 2.75) is 50.0 Å². The predicted octanol–water partition coefficient (Wildman–Crippen LogP) is 4.63. The summed E-state index contributed by atoms with van der Waals surface area (Å²) in [5, 5.41) is 3.05. The third kappa shape index (κ3) is 3.85. The Balaban J connectivity index is 1.20. The van der Waals surface area contributed by atoms with Crippen LogP contribution in [0.5, 0.6) is 11.5 Å². The third-order valence-corrected chi connectivity index (χ3v) is 7.01. The maximum Gasteiger partial charge on any atom is 0.407 e. The largest absolute Gasteiger partial charge is 0.497 e. The number of cyclic esters (lactones) is 1. The fourth-order valence-corrected chi connectivity index (χ4v) is 5.30. The van der Waals surface area contributed by atoms with Crippen molar-refractivity contribution in [1.82, 2.24) is 5.32 Å². The molecular formula is C25H29NO4. The van der Waals surface area contributed by atoms with Gasteiger partial charge < -0.3 is 19.5 Å². The number of ether oxygens (including phenoxy) is 3. The molecule has 1 unspecified atom stereocenters. The van der Waals surface area contributed by atoms with E-state index in [-0.39, 0.29) is 11.6 Å². The normalized spacial score (nSPS) is 27.4. The average molecular weight is 408 g/mol. The minimum absolute atomic E-state index is 0.139. The number of carbonyl (C=O) groups is 1. The van der Waals surface area contributed by atoms with Gasteiger partial charge in [-0.3, -0.25) is 0 Å². The lowest BCUT2D eigenvalue weighted by Gasteiger charge is -2.26. The number of fused-ring (bicyclic) bond motifs is 1. The molecule has 1 N–H and O–H groups in total. The summed E-state index contributed by atoms with van der Waals surface area (Å²) < 4.78 is 16.5. The number of rotatable bonds is 5. The van der Waals surface area contributed by atoms with E-state index in [1.54, 1.807) is 7.11 Å². The van der Waals surface area contributed by atoms with Crippen LogP contribution in [0.2, 0.25) is 0 Å². The fraction of sp³-hybridized carbons (Fsp3) is 0.480. The van der Waals surface area contributed by atoms with E-state index in [2.05, 4.69) is 23.5 Å². The molecule has 3 atom stereocenters. The Bertz CT molecular complexity index is 942. The summed E-state index contributed by atoms with van der Waals surface area (Å²) in [5.74, 6) is 2.74. The number of aryl methyl sites for hydroxylation is 1. The van der Waals surface area contributed by atoms with Crippen LogP contribution in [0, 0.1) is 5.92 Å². The average Bonchev–Trinajstić information content (AvgIpc) is 3.37. The van der Waals surface area contributed by atoms with Crippen molar-refractivity contribution in [3.8, 4) is 11.5 Å². The van der Waals surface area contributed by atoms with Crippen LogP contribution in [0.1, 0.15) is 48.3 Å². The number of amides is 1. The Kier molecular flexibility index (Phi) is 5.05. The Hall–Kier alpha value is -2.69. The number of nitrogens with one attached hydrogen (secondary N) is 1. The number of benzene rings is 2. The molecule has 1 spiro atoms. The molecule has 2 aliphatic carbocycles. The quantitative estimate of drug-likeness (QED) is 0.785. The topological polar surface area (TPSA) is 56.8 Å². The molecule has 5 nitrogen and oxygen atoms in total. The summed E-state index contributed by atoms with van der Waals surface area (Å²) in [6.07, 6.45) is 6.16. The monoisotopic (exact) mass is 407 g/mol. The highest BCUT2D eigenvalue weighted by Crippen LogP contribution is 2.43. The first-order valence-corrected chi connectivity index (χ1v) is 11.0. The zero-order valence-corrected chi connectivity index (χ0v) is 17.5. The third-order valence-electron chi connectivity index (χ3n) is 7.01. The predicted molar refractivity (Wildman–Crippen MR) is 114 cm³/mol. The number of hydrogen-bond donors (Lipinski definition) is 1. The molecule has 5 rings (SSSR count). The summed E-state index contributed by atoms with van der Waals surface area (Å²) >= 11 is 0. The molecule has 1 heterocycles. The summed E-state index contributed by atoms with van der Waals surface area (Å²) in [5.41, 5.74) is 4.21. The second-order valence-corrected chi connectivity index (χ2v) is 9.05. The van der Waals surface area contributed by atoms with Crippen molar-refractivity contribution in [3.63, 3.8) is 0 Å². The van der Waals surface area contributed by atoms with Gasteiger partial charge in [0.15, 0.2) is 0 Å². The SMILES string of the molecule is COc1cccc(OCC2CCc3cc([C@H]4CC[C@]5(COC(=O)N5)C4)ccc3C2)c1. The number of hydrogen-bond acceptors (Lipinski definition) is 4. The van der Waals surface area contributed by atoms with Crippen molar-refractivity contribution >= 4 is 6.09 Å². The van der Waals surface area contributed by atoms with E-state index >= 15 is 0 Å². The number of alkyl carbamates (subject to hydrolysis) is 1. The van der Waals surface area contributed by atoms with Crippen LogP contribution in [0.25, 0.3) is 0 Å². The number of carbonyl (C=O) groups excluding carboxylic acids is 1. The van der Waals surface area contributed by atoms with Gasteiger partial charge >= 0.3 is 6.09 Å². The molecule has 0 aromatic heterocycles.